The molecule has 1 fully saturated rings. The van der Waals surface area contributed by atoms with E-state index in [1.54, 1.807) is 0 Å². The van der Waals surface area contributed by atoms with Crippen LogP contribution in [0.1, 0.15) is 64.7 Å². The highest BCUT2D eigenvalue weighted by atomic mass is 16.5. The molecule has 0 heterocycles. The van der Waals surface area contributed by atoms with E-state index in [9.17, 15) is 0 Å². The normalized spacial score (nSPS) is 20.6. The minimum absolute atomic E-state index is 0.573. The van der Waals surface area contributed by atoms with Gasteiger partial charge >= 0.3 is 0 Å². The minimum atomic E-state index is 0.573. The lowest BCUT2D eigenvalue weighted by Gasteiger charge is -2.15. The molecule has 1 saturated carbocycles. The molecule has 1 atom stereocenters. The third-order valence-corrected chi connectivity index (χ3v) is 3.68. The molecule has 0 aromatic carbocycles. The van der Waals surface area contributed by atoms with Crippen LogP contribution in [0.5, 0.6) is 0 Å². The highest BCUT2D eigenvalue weighted by Gasteiger charge is 2.11. The molecule has 1 unspecified atom stereocenters. The Balaban J connectivity index is 1.93. The lowest BCUT2D eigenvalue weighted by molar-refractivity contribution is 0.0406. The summed E-state index contributed by atoms with van der Waals surface area (Å²) in [5.41, 5.74) is 0. The Hall–Kier alpha value is -0.0800. The van der Waals surface area contributed by atoms with Gasteiger partial charge in [-0.3, -0.25) is 0 Å². The zero-order chi connectivity index (χ0) is 11.6. The third-order valence-electron chi connectivity index (χ3n) is 3.68. The fourth-order valence-corrected chi connectivity index (χ4v) is 2.36. The maximum absolute atomic E-state index is 5.96. The van der Waals surface area contributed by atoms with Crippen molar-refractivity contribution in [2.75, 3.05) is 13.7 Å². The van der Waals surface area contributed by atoms with Crippen LogP contribution < -0.4 is 5.32 Å². The van der Waals surface area contributed by atoms with Gasteiger partial charge in [-0.1, -0.05) is 25.7 Å². The molecular weight excluding hydrogens is 198 g/mol. The summed E-state index contributed by atoms with van der Waals surface area (Å²) in [7, 11) is 2.03. The molecule has 2 heteroatoms. The Kier molecular flexibility index (Phi) is 7.87. The molecule has 0 radical (unpaired) electrons. The first-order chi connectivity index (χ1) is 7.83. The van der Waals surface area contributed by atoms with E-state index >= 15 is 0 Å². The average Bonchev–Trinajstić information content (AvgIpc) is 2.57. The summed E-state index contributed by atoms with van der Waals surface area (Å²) in [5.74, 6) is 0. The molecule has 0 bridgehead atoms. The Morgan fingerprint density at radius 1 is 1.12 bits per heavy atom. The monoisotopic (exact) mass is 227 g/mol. The Labute approximate surface area is 101 Å². The summed E-state index contributed by atoms with van der Waals surface area (Å²) in [4.78, 5) is 0. The first-order valence-corrected chi connectivity index (χ1v) is 7.12. The molecule has 2 nitrogen and oxygen atoms in total. The van der Waals surface area contributed by atoms with Crippen LogP contribution >= 0.6 is 0 Å². The van der Waals surface area contributed by atoms with Gasteiger partial charge in [0.1, 0.15) is 0 Å². The first kappa shape index (κ1) is 14.0. The topological polar surface area (TPSA) is 21.3 Å². The Morgan fingerprint density at radius 3 is 2.44 bits per heavy atom. The molecule has 96 valence electrons. The number of hydrogen-bond donors (Lipinski definition) is 1. The summed E-state index contributed by atoms with van der Waals surface area (Å²) in [5, 5.41) is 3.27. The van der Waals surface area contributed by atoms with Gasteiger partial charge in [0.25, 0.3) is 0 Å². The van der Waals surface area contributed by atoms with Crippen molar-refractivity contribution in [3.8, 4) is 0 Å². The highest BCUT2D eigenvalue weighted by molar-refractivity contribution is 4.64. The van der Waals surface area contributed by atoms with Crippen molar-refractivity contribution in [2.24, 2.45) is 0 Å². The summed E-state index contributed by atoms with van der Waals surface area (Å²) in [6, 6.07) is 0.651. The predicted octanol–water partition coefficient (Wildman–Crippen LogP) is 3.50. The quantitative estimate of drug-likeness (QED) is 0.531. The van der Waals surface area contributed by atoms with Crippen molar-refractivity contribution >= 4 is 0 Å². The van der Waals surface area contributed by atoms with Gasteiger partial charge in [0.15, 0.2) is 0 Å². The van der Waals surface area contributed by atoms with Gasteiger partial charge < -0.3 is 10.1 Å². The summed E-state index contributed by atoms with van der Waals surface area (Å²) < 4.78 is 5.96. The first-order valence-electron chi connectivity index (χ1n) is 7.12. The van der Waals surface area contributed by atoms with Crippen LogP contribution in [0.3, 0.4) is 0 Å². The van der Waals surface area contributed by atoms with Crippen molar-refractivity contribution in [3.63, 3.8) is 0 Å². The number of ether oxygens (including phenoxy) is 1. The zero-order valence-electron chi connectivity index (χ0n) is 11.1. The molecule has 1 aliphatic carbocycles. The van der Waals surface area contributed by atoms with Crippen LogP contribution in [-0.2, 0) is 4.74 Å². The maximum atomic E-state index is 5.96. The lowest BCUT2D eigenvalue weighted by Crippen LogP contribution is -2.21. The van der Waals surface area contributed by atoms with Crippen molar-refractivity contribution in [2.45, 2.75) is 76.9 Å². The van der Waals surface area contributed by atoms with Crippen LogP contribution in [0.4, 0.5) is 0 Å². The molecular formula is C14H29NO. The summed E-state index contributed by atoms with van der Waals surface area (Å²) in [6.07, 6.45) is 12.5. The maximum Gasteiger partial charge on any atom is 0.0575 e. The number of rotatable bonds is 7. The van der Waals surface area contributed by atoms with Gasteiger partial charge in [-0.25, -0.2) is 0 Å². The molecule has 16 heavy (non-hydrogen) atoms. The second-order valence-corrected chi connectivity index (χ2v) is 5.17. The van der Waals surface area contributed by atoms with E-state index < -0.39 is 0 Å². The molecule has 0 aromatic rings. The van der Waals surface area contributed by atoms with E-state index in [4.69, 9.17) is 4.74 Å². The number of hydrogen-bond acceptors (Lipinski definition) is 2. The van der Waals surface area contributed by atoms with Crippen LogP contribution in [0.15, 0.2) is 0 Å². The fraction of sp³-hybridized carbons (Fsp3) is 1.00. The zero-order valence-corrected chi connectivity index (χ0v) is 11.1. The van der Waals surface area contributed by atoms with Gasteiger partial charge in [0.05, 0.1) is 6.10 Å². The van der Waals surface area contributed by atoms with Crippen LogP contribution in [-0.4, -0.2) is 25.8 Å². The fourth-order valence-electron chi connectivity index (χ4n) is 2.36. The van der Waals surface area contributed by atoms with E-state index in [0.717, 1.165) is 6.61 Å². The number of nitrogens with one attached hydrogen (secondary N) is 1. The van der Waals surface area contributed by atoms with Gasteiger partial charge in [0.2, 0.25) is 0 Å². The smallest absolute Gasteiger partial charge is 0.0575 e. The highest BCUT2D eigenvalue weighted by Crippen LogP contribution is 2.20. The average molecular weight is 227 g/mol. The molecule has 0 saturated heterocycles. The number of unbranched alkanes of at least 4 members (excludes halogenated alkanes) is 1. The standard InChI is InChI=1S/C14H29NO/c1-13(15-2)9-7-8-12-16-14-10-5-3-4-6-11-14/h13-15H,3-12H2,1-2H3. The molecule has 0 aliphatic heterocycles. The van der Waals surface area contributed by atoms with Gasteiger partial charge in [-0.05, 0) is 46.1 Å². The van der Waals surface area contributed by atoms with Crippen LogP contribution in [0.25, 0.3) is 0 Å². The van der Waals surface area contributed by atoms with E-state index in [0.29, 0.717) is 12.1 Å². The Bertz CT molecular complexity index is 153. The molecule has 0 amide bonds. The molecule has 0 spiro atoms. The molecule has 0 aromatic heterocycles. The molecule has 1 rings (SSSR count). The van der Waals surface area contributed by atoms with E-state index in [-0.39, 0.29) is 0 Å². The van der Waals surface area contributed by atoms with E-state index in [2.05, 4.69) is 12.2 Å². The van der Waals surface area contributed by atoms with E-state index in [1.807, 2.05) is 7.05 Å². The van der Waals surface area contributed by atoms with Gasteiger partial charge in [-0.15, -0.1) is 0 Å². The van der Waals surface area contributed by atoms with Crippen molar-refractivity contribution < 1.29 is 4.74 Å². The van der Waals surface area contributed by atoms with Crippen LogP contribution in [0, 0.1) is 0 Å². The predicted molar refractivity (Wildman–Crippen MR) is 69.8 cm³/mol. The van der Waals surface area contributed by atoms with Gasteiger partial charge in [0, 0.05) is 12.6 Å². The molecule has 1 aliphatic rings. The second-order valence-electron chi connectivity index (χ2n) is 5.17. The minimum Gasteiger partial charge on any atom is -0.378 e. The van der Waals surface area contributed by atoms with Crippen molar-refractivity contribution in [1.29, 1.82) is 0 Å². The van der Waals surface area contributed by atoms with Crippen LogP contribution in [0.2, 0.25) is 0 Å². The summed E-state index contributed by atoms with van der Waals surface area (Å²) in [6.45, 7) is 3.22. The van der Waals surface area contributed by atoms with Crippen molar-refractivity contribution in [1.82, 2.24) is 5.32 Å². The SMILES string of the molecule is CNC(C)CCCCOC1CCCCCC1. The third kappa shape index (κ3) is 6.49. The van der Waals surface area contributed by atoms with E-state index in [1.165, 1.54) is 57.8 Å². The van der Waals surface area contributed by atoms with Crippen molar-refractivity contribution in [3.05, 3.63) is 0 Å². The summed E-state index contributed by atoms with van der Waals surface area (Å²) >= 11 is 0. The van der Waals surface area contributed by atoms with Gasteiger partial charge in [-0.2, -0.15) is 0 Å². The largest absolute Gasteiger partial charge is 0.378 e. The lowest BCUT2D eigenvalue weighted by atomic mass is 10.1. The molecule has 1 N–H and O–H groups in total. The second kappa shape index (κ2) is 9.00. The Morgan fingerprint density at radius 2 is 1.81 bits per heavy atom.